The highest BCUT2D eigenvalue weighted by molar-refractivity contribution is 7.10. The number of aromatic nitrogens is 2. The van der Waals surface area contributed by atoms with E-state index in [0.717, 1.165) is 6.54 Å². The third-order valence-corrected chi connectivity index (χ3v) is 3.81. The average Bonchev–Trinajstić information content (AvgIpc) is 2.81. The van der Waals surface area contributed by atoms with Crippen LogP contribution in [0.5, 0.6) is 0 Å². The Bertz CT molecular complexity index is 531. The van der Waals surface area contributed by atoms with Crippen LogP contribution in [0.1, 0.15) is 18.7 Å². The molecule has 0 aliphatic rings. The minimum absolute atomic E-state index is 0.0262. The van der Waals surface area contributed by atoms with Gasteiger partial charge in [0.05, 0.1) is 6.33 Å². The first-order valence-corrected chi connectivity index (χ1v) is 6.28. The SMILES string of the molecule is CC(C)(CNc1cc(=O)[nH]cn1)c1cccs1. The van der Waals surface area contributed by atoms with Gasteiger partial charge in [-0.25, -0.2) is 4.98 Å². The van der Waals surface area contributed by atoms with Crippen molar-refractivity contribution in [3.63, 3.8) is 0 Å². The van der Waals surface area contributed by atoms with E-state index in [1.807, 2.05) is 6.07 Å². The van der Waals surface area contributed by atoms with Gasteiger partial charge in [0.25, 0.3) is 5.56 Å². The van der Waals surface area contributed by atoms with Crippen LogP contribution >= 0.6 is 11.3 Å². The Morgan fingerprint density at radius 3 is 3.00 bits per heavy atom. The Morgan fingerprint density at radius 1 is 1.53 bits per heavy atom. The van der Waals surface area contributed by atoms with Crippen LogP contribution in [-0.4, -0.2) is 16.5 Å². The second-order valence-electron chi connectivity index (χ2n) is 4.51. The lowest BCUT2D eigenvalue weighted by Crippen LogP contribution is -2.27. The summed E-state index contributed by atoms with van der Waals surface area (Å²) in [5.74, 6) is 0.610. The highest BCUT2D eigenvalue weighted by atomic mass is 32.1. The normalized spacial score (nSPS) is 11.4. The van der Waals surface area contributed by atoms with E-state index in [4.69, 9.17) is 0 Å². The van der Waals surface area contributed by atoms with Crippen molar-refractivity contribution >= 4 is 17.2 Å². The molecule has 0 spiro atoms. The zero-order chi connectivity index (χ0) is 12.3. The van der Waals surface area contributed by atoms with Crippen LogP contribution in [0, 0.1) is 0 Å². The van der Waals surface area contributed by atoms with Gasteiger partial charge in [-0.3, -0.25) is 4.79 Å². The van der Waals surface area contributed by atoms with Crippen molar-refractivity contribution in [3.05, 3.63) is 45.1 Å². The van der Waals surface area contributed by atoms with Crippen molar-refractivity contribution < 1.29 is 0 Å². The number of aromatic amines is 1. The molecule has 17 heavy (non-hydrogen) atoms. The smallest absolute Gasteiger partial charge is 0.252 e. The van der Waals surface area contributed by atoms with Crippen molar-refractivity contribution in [2.75, 3.05) is 11.9 Å². The van der Waals surface area contributed by atoms with Gasteiger partial charge in [0.15, 0.2) is 0 Å². The molecule has 0 fully saturated rings. The summed E-state index contributed by atoms with van der Waals surface area (Å²) < 4.78 is 0. The molecule has 5 heteroatoms. The molecule has 2 rings (SSSR count). The van der Waals surface area contributed by atoms with E-state index in [1.54, 1.807) is 11.3 Å². The molecule has 0 saturated carbocycles. The summed E-state index contributed by atoms with van der Waals surface area (Å²) in [5.41, 5.74) is -0.116. The summed E-state index contributed by atoms with van der Waals surface area (Å²) in [6.07, 6.45) is 1.41. The fourth-order valence-electron chi connectivity index (χ4n) is 1.53. The van der Waals surface area contributed by atoms with Crippen LogP contribution < -0.4 is 10.9 Å². The molecule has 0 aromatic carbocycles. The predicted octanol–water partition coefficient (Wildman–Crippen LogP) is 2.22. The molecule has 2 N–H and O–H groups in total. The first kappa shape index (κ1) is 11.9. The highest BCUT2D eigenvalue weighted by Crippen LogP contribution is 2.27. The highest BCUT2D eigenvalue weighted by Gasteiger charge is 2.21. The molecular formula is C12H15N3OS. The molecule has 2 aromatic rings. The van der Waals surface area contributed by atoms with Crippen molar-refractivity contribution in [2.24, 2.45) is 0 Å². The predicted molar refractivity (Wildman–Crippen MR) is 70.7 cm³/mol. The van der Waals surface area contributed by atoms with Gasteiger partial charge >= 0.3 is 0 Å². The van der Waals surface area contributed by atoms with Crippen molar-refractivity contribution in [3.8, 4) is 0 Å². The maximum absolute atomic E-state index is 11.1. The summed E-state index contributed by atoms with van der Waals surface area (Å²) in [6, 6.07) is 5.63. The summed E-state index contributed by atoms with van der Waals surface area (Å²) in [5, 5.41) is 5.26. The van der Waals surface area contributed by atoms with Crippen LogP contribution in [0.4, 0.5) is 5.82 Å². The topological polar surface area (TPSA) is 57.8 Å². The molecule has 0 radical (unpaired) electrons. The number of hydrogen-bond acceptors (Lipinski definition) is 4. The second kappa shape index (κ2) is 4.71. The largest absolute Gasteiger partial charge is 0.369 e. The zero-order valence-electron chi connectivity index (χ0n) is 9.86. The number of H-pyrrole nitrogens is 1. The van der Waals surface area contributed by atoms with E-state index in [0.29, 0.717) is 5.82 Å². The quantitative estimate of drug-likeness (QED) is 0.873. The number of anilines is 1. The lowest BCUT2D eigenvalue weighted by atomic mass is 9.91. The van der Waals surface area contributed by atoms with Gasteiger partial charge in [0.1, 0.15) is 5.82 Å². The van der Waals surface area contributed by atoms with Crippen LogP contribution in [0.3, 0.4) is 0 Å². The number of nitrogens with zero attached hydrogens (tertiary/aromatic N) is 1. The monoisotopic (exact) mass is 249 g/mol. The van der Waals surface area contributed by atoms with Gasteiger partial charge in [0.2, 0.25) is 0 Å². The van der Waals surface area contributed by atoms with Crippen molar-refractivity contribution in [1.82, 2.24) is 9.97 Å². The van der Waals surface area contributed by atoms with Gasteiger partial charge in [0, 0.05) is 22.9 Å². The Morgan fingerprint density at radius 2 is 2.35 bits per heavy atom. The third-order valence-electron chi connectivity index (χ3n) is 2.58. The van der Waals surface area contributed by atoms with Crippen molar-refractivity contribution in [2.45, 2.75) is 19.3 Å². The molecule has 0 unspecified atom stereocenters. The Labute approximate surface area is 104 Å². The Balaban J connectivity index is 2.05. The number of thiophene rings is 1. The first-order valence-electron chi connectivity index (χ1n) is 5.40. The van der Waals surface area contributed by atoms with E-state index in [1.165, 1.54) is 17.3 Å². The van der Waals surface area contributed by atoms with Crippen LogP contribution in [0.2, 0.25) is 0 Å². The molecule has 0 aliphatic heterocycles. The van der Waals surface area contributed by atoms with Crippen LogP contribution in [0.15, 0.2) is 34.7 Å². The maximum atomic E-state index is 11.1. The fraction of sp³-hybridized carbons (Fsp3) is 0.333. The van der Waals surface area contributed by atoms with Gasteiger partial charge < -0.3 is 10.3 Å². The van der Waals surface area contributed by atoms with E-state index < -0.39 is 0 Å². The Hall–Kier alpha value is -1.62. The Kier molecular flexibility index (Phi) is 3.28. The second-order valence-corrected chi connectivity index (χ2v) is 5.46. The number of rotatable bonds is 4. The first-order chi connectivity index (χ1) is 8.08. The summed E-state index contributed by atoms with van der Waals surface area (Å²) in [7, 11) is 0. The summed E-state index contributed by atoms with van der Waals surface area (Å²) in [4.78, 5) is 19.0. The van der Waals surface area contributed by atoms with Gasteiger partial charge in [-0.05, 0) is 11.4 Å². The standard InChI is InChI=1S/C12H15N3OS/c1-12(2,9-4-3-5-17-9)7-13-10-6-11(16)15-8-14-10/h3-6,8H,7H2,1-2H3,(H2,13,14,15,16). The van der Waals surface area contributed by atoms with Crippen LogP contribution in [0.25, 0.3) is 0 Å². The fourth-order valence-corrected chi connectivity index (χ4v) is 2.38. The summed E-state index contributed by atoms with van der Waals surface area (Å²) in [6.45, 7) is 5.07. The average molecular weight is 249 g/mol. The molecule has 0 bridgehead atoms. The minimum Gasteiger partial charge on any atom is -0.369 e. The molecular weight excluding hydrogens is 234 g/mol. The lowest BCUT2D eigenvalue weighted by Gasteiger charge is -2.23. The van der Waals surface area contributed by atoms with Gasteiger partial charge in [-0.1, -0.05) is 19.9 Å². The maximum Gasteiger partial charge on any atom is 0.252 e. The van der Waals surface area contributed by atoms with Gasteiger partial charge in [-0.2, -0.15) is 0 Å². The van der Waals surface area contributed by atoms with Gasteiger partial charge in [-0.15, -0.1) is 11.3 Å². The van der Waals surface area contributed by atoms with E-state index in [9.17, 15) is 4.79 Å². The molecule has 90 valence electrons. The molecule has 0 saturated heterocycles. The van der Waals surface area contributed by atoms with Crippen LogP contribution in [-0.2, 0) is 5.41 Å². The molecule has 2 heterocycles. The van der Waals surface area contributed by atoms with E-state index in [2.05, 4.69) is 40.6 Å². The molecule has 0 amide bonds. The molecule has 0 atom stereocenters. The lowest BCUT2D eigenvalue weighted by molar-refractivity contribution is 0.568. The zero-order valence-corrected chi connectivity index (χ0v) is 10.7. The summed E-state index contributed by atoms with van der Waals surface area (Å²) >= 11 is 1.74. The molecule has 4 nitrogen and oxygen atoms in total. The molecule has 2 aromatic heterocycles. The third kappa shape index (κ3) is 2.94. The number of nitrogens with one attached hydrogen (secondary N) is 2. The van der Waals surface area contributed by atoms with Crippen molar-refractivity contribution in [1.29, 1.82) is 0 Å². The van der Waals surface area contributed by atoms with E-state index in [-0.39, 0.29) is 11.0 Å². The number of hydrogen-bond donors (Lipinski definition) is 2. The molecule has 0 aliphatic carbocycles. The van der Waals surface area contributed by atoms with E-state index >= 15 is 0 Å². The minimum atomic E-state index is -0.142.